The second-order valence-electron chi connectivity index (χ2n) is 4.69. The average molecular weight is 211 g/mol. The molecule has 0 N–H and O–H groups in total. The van der Waals surface area contributed by atoms with Crippen molar-refractivity contribution in [1.29, 1.82) is 0 Å². The van der Waals surface area contributed by atoms with Gasteiger partial charge in [0.1, 0.15) is 0 Å². The van der Waals surface area contributed by atoms with Gasteiger partial charge in [-0.1, -0.05) is 37.1 Å². The molecule has 0 saturated heterocycles. The van der Waals surface area contributed by atoms with Crippen LogP contribution in [0.15, 0.2) is 23.3 Å². The smallest absolute Gasteiger partial charge is 0.0346 e. The van der Waals surface area contributed by atoms with Crippen LogP contribution in [0, 0.1) is 17.7 Å². The SMILES string of the molecule is [2H]C1([2H])C2=C([C@@H](C)CC[C@H]1C(=C)C)C([2H])([2H])C([2H])([2H])[C@]2([2H])C. The molecule has 0 heteroatoms. The van der Waals surface area contributed by atoms with Crippen LogP contribution in [-0.4, -0.2) is 0 Å². The number of hydrogen-bond acceptors (Lipinski definition) is 0. The Morgan fingerprint density at radius 3 is 2.80 bits per heavy atom. The van der Waals surface area contributed by atoms with Crippen LogP contribution >= 0.6 is 0 Å². The highest BCUT2D eigenvalue weighted by molar-refractivity contribution is 5.27. The molecule has 15 heavy (non-hydrogen) atoms. The largest absolute Gasteiger partial charge is 0.0998 e. The van der Waals surface area contributed by atoms with Gasteiger partial charge in [0.05, 0.1) is 0 Å². The zero-order valence-corrected chi connectivity index (χ0v) is 9.78. The first-order chi connectivity index (χ1) is 9.70. The zero-order chi connectivity index (χ0) is 17.3. The number of allylic oxidation sites excluding steroid dienone is 3. The van der Waals surface area contributed by atoms with Gasteiger partial charge in [-0.2, -0.15) is 0 Å². The molecule has 0 aromatic carbocycles. The van der Waals surface area contributed by atoms with Crippen molar-refractivity contribution < 1.29 is 9.60 Å². The van der Waals surface area contributed by atoms with Gasteiger partial charge >= 0.3 is 0 Å². The lowest BCUT2D eigenvalue weighted by molar-refractivity contribution is 0.476. The molecular weight excluding hydrogens is 180 g/mol. The van der Waals surface area contributed by atoms with Crippen LogP contribution in [0.4, 0.5) is 0 Å². The summed E-state index contributed by atoms with van der Waals surface area (Å²) in [6, 6.07) is 0. The minimum atomic E-state index is -2.47. The van der Waals surface area contributed by atoms with Gasteiger partial charge in [0, 0.05) is 9.60 Å². The van der Waals surface area contributed by atoms with Gasteiger partial charge < -0.3 is 0 Å². The Kier molecular flexibility index (Phi) is 1.44. The molecular formula is C15H24. The van der Waals surface area contributed by atoms with E-state index >= 15 is 0 Å². The highest BCUT2D eigenvalue weighted by Crippen LogP contribution is 2.45. The molecule has 0 aromatic rings. The van der Waals surface area contributed by atoms with E-state index in [2.05, 4.69) is 6.58 Å². The van der Waals surface area contributed by atoms with Crippen molar-refractivity contribution >= 4 is 0 Å². The first-order valence-corrected chi connectivity index (χ1v) is 5.61. The molecule has 0 aromatic heterocycles. The second-order valence-corrected chi connectivity index (χ2v) is 4.69. The van der Waals surface area contributed by atoms with Crippen molar-refractivity contribution in [1.82, 2.24) is 0 Å². The topological polar surface area (TPSA) is 0 Å². The fraction of sp³-hybridized carbons (Fsp3) is 0.733. The van der Waals surface area contributed by atoms with E-state index in [1.807, 2.05) is 6.92 Å². The third kappa shape index (κ3) is 2.04. The van der Waals surface area contributed by atoms with E-state index in [1.54, 1.807) is 6.92 Å². The van der Waals surface area contributed by atoms with Crippen molar-refractivity contribution in [2.24, 2.45) is 17.7 Å². The second kappa shape index (κ2) is 4.15. The summed E-state index contributed by atoms with van der Waals surface area (Å²) >= 11 is 0. The molecule has 0 amide bonds. The predicted octanol–water partition coefficient (Wildman–Crippen LogP) is 4.73. The lowest BCUT2D eigenvalue weighted by atomic mass is 9.88. The molecule has 3 atom stereocenters. The van der Waals surface area contributed by atoms with Gasteiger partial charge in [-0.15, -0.1) is 0 Å². The monoisotopic (exact) mass is 211 g/mol. The first kappa shape index (κ1) is 5.21. The van der Waals surface area contributed by atoms with E-state index in [1.165, 1.54) is 6.92 Å². The Labute approximate surface area is 104 Å². The lowest BCUT2D eigenvalue weighted by Gasteiger charge is -2.18. The average Bonchev–Trinajstić information content (AvgIpc) is 2.41. The van der Waals surface area contributed by atoms with Gasteiger partial charge in [-0.3, -0.25) is 0 Å². The summed E-state index contributed by atoms with van der Waals surface area (Å²) in [6.45, 7) is 8.72. The number of rotatable bonds is 1. The molecule has 0 unspecified atom stereocenters. The molecule has 0 bridgehead atoms. The summed E-state index contributed by atoms with van der Waals surface area (Å²) in [7, 11) is 0. The Hall–Kier alpha value is -0.520. The van der Waals surface area contributed by atoms with E-state index in [0.717, 1.165) is 0 Å². The number of hydrogen-bond donors (Lipinski definition) is 0. The molecule has 0 aliphatic heterocycles. The van der Waals surface area contributed by atoms with Gasteiger partial charge in [-0.25, -0.2) is 0 Å². The minimum absolute atomic E-state index is 0.00648. The normalized spacial score (nSPS) is 58.2. The quantitative estimate of drug-likeness (QED) is 0.550. The molecule has 0 heterocycles. The highest BCUT2D eigenvalue weighted by atomic mass is 14.4. The molecule has 0 nitrogen and oxygen atoms in total. The molecule has 84 valence electrons. The van der Waals surface area contributed by atoms with Crippen LogP contribution in [0.1, 0.15) is 62.3 Å². The fourth-order valence-electron chi connectivity index (χ4n) is 2.22. The summed E-state index contributed by atoms with van der Waals surface area (Å²) < 4.78 is 58.5. The predicted molar refractivity (Wildman–Crippen MR) is 66.7 cm³/mol. The van der Waals surface area contributed by atoms with E-state index in [4.69, 9.17) is 9.60 Å². The van der Waals surface area contributed by atoms with Crippen molar-refractivity contribution in [3.63, 3.8) is 0 Å². The molecule has 0 fully saturated rings. The van der Waals surface area contributed by atoms with Crippen LogP contribution < -0.4 is 0 Å². The van der Waals surface area contributed by atoms with Crippen LogP contribution in [-0.2, 0) is 0 Å². The molecule has 2 aliphatic rings. The van der Waals surface area contributed by atoms with Crippen molar-refractivity contribution in [2.75, 3.05) is 0 Å². The van der Waals surface area contributed by atoms with E-state index in [-0.39, 0.29) is 17.1 Å². The fourth-order valence-corrected chi connectivity index (χ4v) is 2.22. The highest BCUT2D eigenvalue weighted by Gasteiger charge is 2.30. The third-order valence-corrected chi connectivity index (χ3v) is 3.32. The molecule has 2 aliphatic carbocycles. The van der Waals surface area contributed by atoms with Crippen molar-refractivity contribution in [3.05, 3.63) is 23.3 Å². The van der Waals surface area contributed by atoms with Gasteiger partial charge in [0.25, 0.3) is 0 Å². The van der Waals surface area contributed by atoms with Gasteiger partial charge in [0.2, 0.25) is 0 Å². The summed E-state index contributed by atoms with van der Waals surface area (Å²) in [5, 5.41) is 0. The minimum Gasteiger partial charge on any atom is -0.0998 e. The van der Waals surface area contributed by atoms with Crippen LogP contribution in [0.5, 0.6) is 0 Å². The van der Waals surface area contributed by atoms with Crippen molar-refractivity contribution in [3.8, 4) is 0 Å². The van der Waals surface area contributed by atoms with Gasteiger partial charge in [-0.05, 0) is 56.6 Å². The van der Waals surface area contributed by atoms with E-state index < -0.39 is 30.9 Å². The molecule has 0 saturated carbocycles. The maximum atomic E-state index is 8.58. The molecule has 0 radical (unpaired) electrons. The Bertz CT molecular complexity index is 542. The van der Waals surface area contributed by atoms with Crippen LogP contribution in [0.2, 0.25) is 0 Å². The third-order valence-electron chi connectivity index (χ3n) is 3.32. The maximum absolute atomic E-state index is 8.58. The summed E-state index contributed by atoms with van der Waals surface area (Å²) in [5.74, 6) is -2.75. The van der Waals surface area contributed by atoms with Gasteiger partial charge in [0.15, 0.2) is 0 Å². The van der Waals surface area contributed by atoms with Crippen molar-refractivity contribution in [2.45, 2.75) is 52.7 Å². The summed E-state index contributed by atoms with van der Waals surface area (Å²) in [6.07, 6.45) is -5.66. The van der Waals surface area contributed by atoms with Crippen LogP contribution in [0.3, 0.4) is 0 Å². The first-order valence-electron chi connectivity index (χ1n) is 9.11. The lowest BCUT2D eigenvalue weighted by Crippen LogP contribution is -2.04. The maximum Gasteiger partial charge on any atom is 0.0346 e. The van der Waals surface area contributed by atoms with Crippen LogP contribution in [0.25, 0.3) is 0 Å². The Morgan fingerprint density at radius 1 is 1.40 bits per heavy atom. The molecule has 0 spiro atoms. The summed E-state index contributed by atoms with van der Waals surface area (Å²) in [4.78, 5) is 0. The van der Waals surface area contributed by atoms with E-state index in [0.29, 0.717) is 18.4 Å². The Balaban J connectivity index is 2.81. The standard InChI is InChI=1S/C15H24/c1-10(2)13-7-5-11(3)14-8-6-12(4)15(14)9-13/h11-13H,1,5-9H2,2-4H3/t11-,12-,13+/m0/s1/i6D2,8D2,9D2,12D. The molecule has 2 rings (SSSR count). The van der Waals surface area contributed by atoms with E-state index in [9.17, 15) is 0 Å². The summed E-state index contributed by atoms with van der Waals surface area (Å²) in [5.41, 5.74) is 0.812. The Morgan fingerprint density at radius 2 is 2.13 bits per heavy atom. The zero-order valence-electron chi connectivity index (χ0n) is 16.8.